The minimum atomic E-state index is -1.05. The van der Waals surface area contributed by atoms with Gasteiger partial charge in [0.2, 0.25) is 11.8 Å². The summed E-state index contributed by atoms with van der Waals surface area (Å²) in [6.45, 7) is 2.11. The van der Waals surface area contributed by atoms with Crippen molar-refractivity contribution in [1.82, 2.24) is 14.8 Å². The number of rotatable bonds is 7. The van der Waals surface area contributed by atoms with E-state index in [0.29, 0.717) is 5.88 Å². The number of halogens is 1. The summed E-state index contributed by atoms with van der Waals surface area (Å²) in [5, 5.41) is 9.16. The first-order chi connectivity index (χ1) is 11.1. The molecule has 1 aliphatic rings. The van der Waals surface area contributed by atoms with E-state index in [1.54, 1.807) is 23.2 Å². The summed E-state index contributed by atoms with van der Waals surface area (Å²) < 4.78 is 6.41. The largest absolute Gasteiger partial charge is 0.476 e. The number of nitrogens with zero attached hydrogens (tertiary/aromatic N) is 3. The van der Waals surface area contributed by atoms with Gasteiger partial charge in [-0.3, -0.25) is 4.79 Å². The molecule has 1 aromatic heterocycles. The zero-order valence-corrected chi connectivity index (χ0v) is 14.7. The lowest BCUT2D eigenvalue weighted by atomic mass is 10.2. The van der Waals surface area contributed by atoms with Gasteiger partial charge in [-0.2, -0.15) is 0 Å². The normalized spacial score (nSPS) is 13.7. The fourth-order valence-corrected chi connectivity index (χ4v) is 2.21. The molecule has 7 nitrogen and oxygen atoms in total. The van der Waals surface area contributed by atoms with Crippen molar-refractivity contribution in [2.75, 3.05) is 32.8 Å². The van der Waals surface area contributed by atoms with Crippen molar-refractivity contribution in [2.45, 2.75) is 6.42 Å². The van der Waals surface area contributed by atoms with E-state index in [2.05, 4.69) is 27.6 Å². The highest BCUT2D eigenvalue weighted by Gasteiger charge is 2.17. The first-order valence-corrected chi connectivity index (χ1v) is 8.32. The maximum atomic E-state index is 11.6. The maximum Gasteiger partial charge on any atom is 0.407 e. The Morgan fingerprint density at radius 2 is 2.22 bits per heavy atom. The van der Waals surface area contributed by atoms with Gasteiger partial charge in [0.1, 0.15) is 6.61 Å². The van der Waals surface area contributed by atoms with E-state index in [4.69, 9.17) is 9.84 Å². The Labute approximate surface area is 148 Å². The minimum Gasteiger partial charge on any atom is -0.476 e. The molecule has 0 unspecified atom stereocenters. The van der Waals surface area contributed by atoms with Crippen LogP contribution < -0.4 is 4.74 Å². The number of amides is 2. The topological polar surface area (TPSA) is 83.0 Å². The summed E-state index contributed by atoms with van der Waals surface area (Å²) in [7, 11) is 0. The van der Waals surface area contributed by atoms with Crippen molar-refractivity contribution < 1.29 is 19.4 Å². The fraction of sp³-hybridized carbons (Fsp3) is 0.400. The molecule has 8 heteroatoms. The monoisotopic (exact) mass is 431 g/mol. The summed E-state index contributed by atoms with van der Waals surface area (Å²) in [4.78, 5) is 29.8. The Hall–Kier alpha value is -1.84. The van der Waals surface area contributed by atoms with Crippen LogP contribution in [0.1, 0.15) is 6.42 Å². The second kappa shape index (κ2) is 8.70. The second-order valence-corrected chi connectivity index (χ2v) is 6.22. The van der Waals surface area contributed by atoms with E-state index in [1.807, 2.05) is 6.07 Å². The van der Waals surface area contributed by atoms with Crippen LogP contribution >= 0.6 is 22.6 Å². The van der Waals surface area contributed by atoms with Crippen LogP contribution in [0.25, 0.3) is 0 Å². The predicted octanol–water partition coefficient (Wildman–Crippen LogP) is 1.83. The molecule has 1 N–H and O–H groups in total. The lowest BCUT2D eigenvalue weighted by Gasteiger charge is -2.29. The second-order valence-electron chi connectivity index (χ2n) is 4.97. The zero-order chi connectivity index (χ0) is 16.7. The summed E-state index contributed by atoms with van der Waals surface area (Å²) in [6, 6.07) is 3.60. The molecule has 124 valence electrons. The van der Waals surface area contributed by atoms with Crippen molar-refractivity contribution in [1.29, 1.82) is 0 Å². The van der Waals surface area contributed by atoms with E-state index in [0.717, 1.165) is 23.1 Å². The highest BCUT2D eigenvalue weighted by atomic mass is 127. The van der Waals surface area contributed by atoms with Crippen LogP contribution in [0.5, 0.6) is 5.88 Å². The van der Waals surface area contributed by atoms with Gasteiger partial charge in [0.25, 0.3) is 0 Å². The fourth-order valence-electron chi connectivity index (χ4n) is 1.90. The van der Waals surface area contributed by atoms with Crippen LogP contribution in [0.2, 0.25) is 0 Å². The minimum absolute atomic E-state index is 0.0686. The molecule has 1 aliphatic heterocycles. The molecular weight excluding hydrogens is 413 g/mol. The molecule has 0 saturated carbocycles. The number of carboxylic acid groups (broad SMARTS) is 1. The number of hydrogen-bond acceptors (Lipinski definition) is 4. The van der Waals surface area contributed by atoms with Crippen LogP contribution in [0.4, 0.5) is 4.79 Å². The average molecular weight is 431 g/mol. The molecule has 1 fully saturated rings. The molecule has 1 saturated heterocycles. The highest BCUT2D eigenvalue weighted by Crippen LogP contribution is 2.09. The molecule has 0 spiro atoms. The lowest BCUT2D eigenvalue weighted by molar-refractivity contribution is -0.129. The molecule has 0 bridgehead atoms. The first kappa shape index (κ1) is 17.5. The van der Waals surface area contributed by atoms with Crippen LogP contribution in [-0.2, 0) is 4.79 Å². The molecule has 2 rings (SSSR count). The van der Waals surface area contributed by atoms with Crippen molar-refractivity contribution in [2.24, 2.45) is 0 Å². The van der Waals surface area contributed by atoms with E-state index in [1.165, 1.54) is 11.0 Å². The Kier molecular flexibility index (Phi) is 6.63. The quantitative estimate of drug-likeness (QED) is 0.526. The third-order valence-electron chi connectivity index (χ3n) is 3.34. The molecule has 0 aromatic carbocycles. The maximum absolute atomic E-state index is 11.6. The number of hydrogen-bond donors (Lipinski definition) is 1. The molecule has 1 aromatic rings. The van der Waals surface area contributed by atoms with Gasteiger partial charge in [0.05, 0.1) is 6.54 Å². The Morgan fingerprint density at radius 3 is 2.78 bits per heavy atom. The SMILES string of the molecule is O=C(O)N(CC=CC(=O)N1CCC1)CCOc1ccc(I)cn1. The highest BCUT2D eigenvalue weighted by molar-refractivity contribution is 14.1. The van der Waals surface area contributed by atoms with Crippen molar-refractivity contribution >= 4 is 34.6 Å². The lowest BCUT2D eigenvalue weighted by Crippen LogP contribution is -2.41. The number of pyridine rings is 1. The van der Waals surface area contributed by atoms with Gasteiger partial charge >= 0.3 is 6.09 Å². The van der Waals surface area contributed by atoms with E-state index < -0.39 is 6.09 Å². The summed E-state index contributed by atoms with van der Waals surface area (Å²) in [5.74, 6) is 0.389. The van der Waals surface area contributed by atoms with Gasteiger partial charge < -0.3 is 19.6 Å². The van der Waals surface area contributed by atoms with Gasteiger partial charge in [-0.15, -0.1) is 0 Å². The van der Waals surface area contributed by atoms with Gasteiger partial charge in [-0.25, -0.2) is 9.78 Å². The van der Waals surface area contributed by atoms with Crippen molar-refractivity contribution in [3.63, 3.8) is 0 Å². The van der Waals surface area contributed by atoms with Crippen LogP contribution in [0.3, 0.4) is 0 Å². The van der Waals surface area contributed by atoms with Crippen LogP contribution in [0.15, 0.2) is 30.5 Å². The summed E-state index contributed by atoms with van der Waals surface area (Å²) >= 11 is 2.14. The van der Waals surface area contributed by atoms with E-state index in [-0.39, 0.29) is 25.6 Å². The summed E-state index contributed by atoms with van der Waals surface area (Å²) in [6.07, 6.45) is 4.65. The van der Waals surface area contributed by atoms with Gasteiger partial charge in [0, 0.05) is 41.5 Å². The molecule has 2 amide bonds. The number of likely N-dealkylation sites (tertiary alicyclic amines) is 1. The van der Waals surface area contributed by atoms with Crippen LogP contribution in [0, 0.1) is 3.57 Å². The molecule has 0 radical (unpaired) electrons. The number of carbonyl (C=O) groups is 2. The molecule has 0 atom stereocenters. The average Bonchev–Trinajstić information content (AvgIpc) is 2.45. The van der Waals surface area contributed by atoms with Crippen molar-refractivity contribution in [3.05, 3.63) is 34.1 Å². The van der Waals surface area contributed by atoms with Crippen LogP contribution in [-0.4, -0.2) is 64.7 Å². The smallest absolute Gasteiger partial charge is 0.407 e. The van der Waals surface area contributed by atoms with Gasteiger partial charge in [-0.1, -0.05) is 6.08 Å². The Morgan fingerprint density at radius 1 is 1.43 bits per heavy atom. The Bertz CT molecular complexity index is 573. The van der Waals surface area contributed by atoms with E-state index in [9.17, 15) is 9.59 Å². The van der Waals surface area contributed by atoms with Gasteiger partial charge in [0.15, 0.2) is 0 Å². The first-order valence-electron chi connectivity index (χ1n) is 7.24. The summed E-state index contributed by atoms with van der Waals surface area (Å²) in [5.41, 5.74) is 0. The standard InChI is InChI=1S/C15H18IN3O4/c16-12-4-5-13(17-11-12)23-10-9-19(15(21)22)6-1-3-14(20)18-7-2-8-18/h1,3-5,11H,2,6-10H2,(H,21,22). The van der Waals surface area contributed by atoms with Crippen molar-refractivity contribution in [3.8, 4) is 5.88 Å². The third-order valence-corrected chi connectivity index (χ3v) is 3.97. The van der Waals surface area contributed by atoms with E-state index >= 15 is 0 Å². The zero-order valence-electron chi connectivity index (χ0n) is 12.5. The molecule has 2 heterocycles. The number of aromatic nitrogens is 1. The predicted molar refractivity (Wildman–Crippen MR) is 92.4 cm³/mol. The molecule has 0 aliphatic carbocycles. The van der Waals surface area contributed by atoms with Gasteiger partial charge in [-0.05, 0) is 35.1 Å². The molecular formula is C15H18IN3O4. The third kappa shape index (κ3) is 5.70. The number of carbonyl (C=O) groups excluding carboxylic acids is 1. The molecule has 23 heavy (non-hydrogen) atoms. The number of ether oxygens (including phenoxy) is 1. The Balaban J connectivity index is 1.74.